The van der Waals surface area contributed by atoms with Crippen LogP contribution in [0, 0.1) is 0 Å². The third kappa shape index (κ3) is 7.98. The second kappa shape index (κ2) is 6.76. The Kier molecular flexibility index (Phi) is 5.65. The van der Waals surface area contributed by atoms with Crippen LogP contribution in [0.5, 0.6) is 0 Å². The molecule has 0 fully saturated rings. The monoisotopic (exact) mass is 228 g/mol. The van der Waals surface area contributed by atoms with Gasteiger partial charge in [-0.1, -0.05) is 0 Å². The van der Waals surface area contributed by atoms with E-state index < -0.39 is 23.8 Å². The van der Waals surface area contributed by atoms with Gasteiger partial charge in [-0.15, -0.1) is 0 Å². The van der Waals surface area contributed by atoms with Crippen LogP contribution in [0.4, 0.5) is 0 Å². The Morgan fingerprint density at radius 1 is 0.688 bits per heavy atom. The van der Waals surface area contributed by atoms with Gasteiger partial charge in [0.15, 0.2) is 0 Å². The topological polar surface area (TPSA) is 133 Å². The standard InChI is InChI=1S/C8H8N2O6/c11-5(1-3-7(13)14)9-10-6(12)2-4-8(15)16/h1-4H,(H,9,11)(H,10,12)(H,13,14)(H,15,16)/b3-1-,4-2+. The number of amides is 2. The summed E-state index contributed by atoms with van der Waals surface area (Å²) in [4.78, 5) is 41.5. The van der Waals surface area contributed by atoms with E-state index >= 15 is 0 Å². The van der Waals surface area contributed by atoms with Gasteiger partial charge in [0.1, 0.15) is 0 Å². The normalized spacial score (nSPS) is 10.2. The van der Waals surface area contributed by atoms with Crippen LogP contribution < -0.4 is 10.9 Å². The first kappa shape index (κ1) is 13.4. The van der Waals surface area contributed by atoms with Gasteiger partial charge < -0.3 is 10.2 Å². The van der Waals surface area contributed by atoms with Crippen LogP contribution in [0.25, 0.3) is 0 Å². The Morgan fingerprint density at radius 3 is 1.25 bits per heavy atom. The molecule has 0 aliphatic heterocycles. The maximum atomic E-state index is 10.8. The molecule has 0 spiro atoms. The minimum atomic E-state index is -1.31. The Bertz CT molecular complexity index is 335. The summed E-state index contributed by atoms with van der Waals surface area (Å²) >= 11 is 0. The van der Waals surface area contributed by atoms with Crippen molar-refractivity contribution < 1.29 is 29.4 Å². The summed E-state index contributed by atoms with van der Waals surface area (Å²) in [7, 11) is 0. The van der Waals surface area contributed by atoms with Gasteiger partial charge in [-0.3, -0.25) is 20.4 Å². The minimum Gasteiger partial charge on any atom is -0.478 e. The maximum absolute atomic E-state index is 10.8. The zero-order valence-electron chi connectivity index (χ0n) is 7.84. The van der Waals surface area contributed by atoms with Crippen molar-refractivity contribution in [1.82, 2.24) is 10.9 Å². The highest BCUT2D eigenvalue weighted by molar-refractivity contribution is 5.97. The van der Waals surface area contributed by atoms with Gasteiger partial charge >= 0.3 is 11.9 Å². The number of nitrogens with one attached hydrogen (secondary N) is 2. The molecule has 0 unspecified atom stereocenters. The number of hydrazine groups is 1. The summed E-state index contributed by atoms with van der Waals surface area (Å²) in [6.07, 6.45) is 2.52. The summed E-state index contributed by atoms with van der Waals surface area (Å²) in [5.74, 6) is -4.35. The van der Waals surface area contributed by atoms with E-state index in [4.69, 9.17) is 10.2 Å². The van der Waals surface area contributed by atoms with E-state index in [1.807, 2.05) is 10.9 Å². The summed E-state index contributed by atoms with van der Waals surface area (Å²) < 4.78 is 0. The lowest BCUT2D eigenvalue weighted by atomic mass is 10.5. The van der Waals surface area contributed by atoms with E-state index in [-0.39, 0.29) is 0 Å². The molecule has 8 heteroatoms. The van der Waals surface area contributed by atoms with Gasteiger partial charge in [0.2, 0.25) is 0 Å². The molecule has 0 aromatic heterocycles. The molecule has 16 heavy (non-hydrogen) atoms. The van der Waals surface area contributed by atoms with Crippen molar-refractivity contribution in [2.75, 3.05) is 0 Å². The lowest BCUT2D eigenvalue weighted by Crippen LogP contribution is -2.40. The molecule has 2 amide bonds. The van der Waals surface area contributed by atoms with E-state index in [1.54, 1.807) is 0 Å². The SMILES string of the molecule is O=C(O)/C=C\C(=O)NNC(=O)/C=C/C(=O)O. The molecular weight excluding hydrogens is 220 g/mol. The third-order valence-electron chi connectivity index (χ3n) is 1.06. The number of carbonyl (C=O) groups excluding carboxylic acids is 2. The molecule has 0 saturated heterocycles. The fourth-order valence-corrected chi connectivity index (χ4v) is 0.500. The molecule has 0 radical (unpaired) electrons. The summed E-state index contributed by atoms with van der Waals surface area (Å²) in [6, 6.07) is 0. The highest BCUT2D eigenvalue weighted by Gasteiger charge is 1.99. The molecule has 0 aromatic carbocycles. The molecule has 0 heterocycles. The Morgan fingerprint density at radius 2 is 1.00 bits per heavy atom. The van der Waals surface area contributed by atoms with Crippen LogP contribution >= 0.6 is 0 Å². The van der Waals surface area contributed by atoms with Gasteiger partial charge in [0, 0.05) is 24.3 Å². The Labute approximate surface area is 89.2 Å². The fraction of sp³-hybridized carbons (Fsp3) is 0. The molecule has 0 saturated carbocycles. The highest BCUT2D eigenvalue weighted by Crippen LogP contribution is 1.75. The molecule has 4 N–H and O–H groups in total. The zero-order chi connectivity index (χ0) is 12.6. The highest BCUT2D eigenvalue weighted by atomic mass is 16.4. The number of carbonyl (C=O) groups is 4. The Balaban J connectivity index is 3.97. The first-order valence-electron chi connectivity index (χ1n) is 3.84. The first-order chi connectivity index (χ1) is 7.41. The predicted molar refractivity (Wildman–Crippen MR) is 49.8 cm³/mol. The van der Waals surface area contributed by atoms with Crippen LogP contribution in [0.2, 0.25) is 0 Å². The average molecular weight is 228 g/mol. The molecule has 0 aliphatic rings. The van der Waals surface area contributed by atoms with Crippen molar-refractivity contribution in [3.05, 3.63) is 24.3 Å². The van der Waals surface area contributed by atoms with E-state index in [1.165, 1.54) is 0 Å². The lowest BCUT2D eigenvalue weighted by Gasteiger charge is -2.00. The molecule has 0 bridgehead atoms. The Hall–Kier alpha value is -2.64. The molecule has 0 aromatic rings. The van der Waals surface area contributed by atoms with Gasteiger partial charge in [0.05, 0.1) is 0 Å². The summed E-state index contributed by atoms with van der Waals surface area (Å²) in [6.45, 7) is 0. The van der Waals surface area contributed by atoms with Crippen molar-refractivity contribution in [1.29, 1.82) is 0 Å². The summed E-state index contributed by atoms with van der Waals surface area (Å²) in [5, 5.41) is 16.3. The van der Waals surface area contributed by atoms with E-state index in [0.29, 0.717) is 24.3 Å². The van der Waals surface area contributed by atoms with Crippen LogP contribution in [0.3, 0.4) is 0 Å². The predicted octanol–water partition coefficient (Wildman–Crippen LogP) is -1.58. The van der Waals surface area contributed by atoms with Crippen LogP contribution in [0.15, 0.2) is 24.3 Å². The number of carboxylic acid groups (broad SMARTS) is 2. The maximum Gasteiger partial charge on any atom is 0.328 e. The largest absolute Gasteiger partial charge is 0.478 e. The average Bonchev–Trinajstić information content (AvgIpc) is 2.20. The van der Waals surface area contributed by atoms with Crippen molar-refractivity contribution >= 4 is 23.8 Å². The van der Waals surface area contributed by atoms with E-state index in [9.17, 15) is 19.2 Å². The number of aliphatic carboxylic acids is 2. The quantitative estimate of drug-likeness (QED) is 0.339. The second-order valence-corrected chi connectivity index (χ2v) is 2.32. The second-order valence-electron chi connectivity index (χ2n) is 2.32. The third-order valence-corrected chi connectivity index (χ3v) is 1.06. The van der Waals surface area contributed by atoms with Gasteiger partial charge in [-0.25, -0.2) is 9.59 Å². The van der Waals surface area contributed by atoms with E-state index in [2.05, 4.69) is 0 Å². The van der Waals surface area contributed by atoms with Crippen molar-refractivity contribution in [3.8, 4) is 0 Å². The van der Waals surface area contributed by atoms with Crippen LogP contribution in [-0.4, -0.2) is 34.0 Å². The molecule has 86 valence electrons. The molecule has 0 atom stereocenters. The molecular formula is C8H8N2O6. The lowest BCUT2D eigenvalue weighted by molar-refractivity contribution is -0.132. The molecule has 0 rings (SSSR count). The van der Waals surface area contributed by atoms with Crippen LogP contribution in [-0.2, 0) is 19.2 Å². The van der Waals surface area contributed by atoms with Crippen molar-refractivity contribution in [3.63, 3.8) is 0 Å². The zero-order valence-corrected chi connectivity index (χ0v) is 7.84. The number of rotatable bonds is 4. The molecule has 8 nitrogen and oxygen atoms in total. The van der Waals surface area contributed by atoms with E-state index in [0.717, 1.165) is 0 Å². The van der Waals surface area contributed by atoms with Gasteiger partial charge in [-0.05, 0) is 0 Å². The van der Waals surface area contributed by atoms with Crippen LogP contribution in [0.1, 0.15) is 0 Å². The minimum absolute atomic E-state index is 0.578. The van der Waals surface area contributed by atoms with Gasteiger partial charge in [-0.2, -0.15) is 0 Å². The molecule has 0 aliphatic carbocycles. The smallest absolute Gasteiger partial charge is 0.328 e. The van der Waals surface area contributed by atoms with Crippen molar-refractivity contribution in [2.24, 2.45) is 0 Å². The van der Waals surface area contributed by atoms with Gasteiger partial charge in [0.25, 0.3) is 11.8 Å². The number of carboxylic acids is 2. The first-order valence-corrected chi connectivity index (χ1v) is 3.84. The number of hydrogen-bond donors (Lipinski definition) is 4. The van der Waals surface area contributed by atoms with Crippen molar-refractivity contribution in [2.45, 2.75) is 0 Å². The number of hydrogen-bond acceptors (Lipinski definition) is 4. The fourth-order valence-electron chi connectivity index (χ4n) is 0.500. The summed E-state index contributed by atoms with van der Waals surface area (Å²) in [5.41, 5.74) is 3.66.